The summed E-state index contributed by atoms with van der Waals surface area (Å²) >= 11 is 5.69. The van der Waals surface area contributed by atoms with Crippen molar-refractivity contribution in [2.24, 2.45) is 5.92 Å². The molecule has 0 spiro atoms. The Bertz CT molecular complexity index is 273. The molecule has 1 aromatic carbocycles. The van der Waals surface area contributed by atoms with E-state index in [1.807, 2.05) is 18.2 Å². The third-order valence-electron chi connectivity index (χ3n) is 2.85. The second kappa shape index (κ2) is 7.70. The van der Waals surface area contributed by atoms with E-state index in [9.17, 15) is 0 Å². The van der Waals surface area contributed by atoms with Gasteiger partial charge in [0.25, 0.3) is 0 Å². The molecular weight excluding hydrogens is 220 g/mol. The third kappa shape index (κ3) is 5.00. The Morgan fingerprint density at radius 1 is 1.12 bits per heavy atom. The molecule has 1 aromatic rings. The van der Waals surface area contributed by atoms with Crippen LogP contribution in [0, 0.1) is 5.92 Å². The molecule has 0 saturated carbocycles. The van der Waals surface area contributed by atoms with Gasteiger partial charge in [-0.25, -0.2) is 0 Å². The van der Waals surface area contributed by atoms with Gasteiger partial charge in [-0.3, -0.25) is 0 Å². The summed E-state index contributed by atoms with van der Waals surface area (Å²) in [5.41, 5.74) is 1.24. The first-order valence-electron chi connectivity index (χ1n) is 5.96. The second-order valence-corrected chi connectivity index (χ2v) is 4.67. The van der Waals surface area contributed by atoms with Crippen molar-refractivity contribution < 1.29 is 4.74 Å². The Hall–Kier alpha value is -0.530. The zero-order valence-corrected chi connectivity index (χ0v) is 10.9. The highest BCUT2D eigenvalue weighted by Crippen LogP contribution is 2.17. The number of hydrogen-bond donors (Lipinski definition) is 0. The normalized spacial score (nSPS) is 14.7. The fraction of sp³-hybridized carbons (Fsp3) is 0.571. The number of ether oxygens (including phenoxy) is 1. The molecule has 0 saturated heterocycles. The molecule has 1 nitrogen and oxygen atoms in total. The first-order valence-corrected chi connectivity index (χ1v) is 6.50. The summed E-state index contributed by atoms with van der Waals surface area (Å²) in [6, 6.07) is 10.3. The number of rotatable bonds is 7. The Morgan fingerprint density at radius 3 is 2.44 bits per heavy atom. The van der Waals surface area contributed by atoms with Gasteiger partial charge in [0.1, 0.15) is 0 Å². The lowest BCUT2D eigenvalue weighted by Gasteiger charge is -2.15. The average molecular weight is 241 g/mol. The fourth-order valence-electron chi connectivity index (χ4n) is 1.60. The van der Waals surface area contributed by atoms with Gasteiger partial charge in [-0.15, -0.1) is 11.6 Å². The van der Waals surface area contributed by atoms with Gasteiger partial charge in [-0.2, -0.15) is 0 Å². The number of halogens is 1. The molecule has 0 radical (unpaired) electrons. The first kappa shape index (κ1) is 13.5. The first-order chi connectivity index (χ1) is 7.74. The van der Waals surface area contributed by atoms with Crippen LogP contribution in [-0.4, -0.2) is 12.5 Å². The van der Waals surface area contributed by atoms with Gasteiger partial charge in [0.15, 0.2) is 0 Å². The predicted molar refractivity (Wildman–Crippen MR) is 69.9 cm³/mol. The molecule has 2 unspecified atom stereocenters. The van der Waals surface area contributed by atoms with Crippen LogP contribution in [0.25, 0.3) is 0 Å². The number of benzene rings is 1. The lowest BCUT2D eigenvalue weighted by molar-refractivity contribution is 0.0570. The average Bonchev–Trinajstić information content (AvgIpc) is 2.30. The molecule has 16 heavy (non-hydrogen) atoms. The van der Waals surface area contributed by atoms with Crippen molar-refractivity contribution in [2.45, 2.75) is 32.8 Å². The van der Waals surface area contributed by atoms with Crippen LogP contribution in [0.4, 0.5) is 0 Å². The Balaban J connectivity index is 2.23. The van der Waals surface area contributed by atoms with Gasteiger partial charge < -0.3 is 4.74 Å². The van der Waals surface area contributed by atoms with Gasteiger partial charge in [0.2, 0.25) is 0 Å². The number of hydrogen-bond acceptors (Lipinski definition) is 1. The maximum atomic E-state index is 5.80. The molecule has 1 rings (SSSR count). The van der Waals surface area contributed by atoms with E-state index < -0.39 is 0 Å². The maximum absolute atomic E-state index is 5.80. The van der Waals surface area contributed by atoms with Gasteiger partial charge in [0.05, 0.1) is 6.10 Å². The van der Waals surface area contributed by atoms with Crippen LogP contribution < -0.4 is 0 Å². The highest BCUT2D eigenvalue weighted by atomic mass is 35.5. The topological polar surface area (TPSA) is 9.23 Å². The summed E-state index contributed by atoms with van der Waals surface area (Å²) in [4.78, 5) is 0. The largest absolute Gasteiger partial charge is 0.374 e. The lowest BCUT2D eigenvalue weighted by Crippen LogP contribution is -2.06. The van der Waals surface area contributed by atoms with Crippen LogP contribution in [-0.2, 0) is 4.74 Å². The molecular formula is C14H21ClO. The predicted octanol–water partition coefficient (Wildman–Crippen LogP) is 4.42. The monoisotopic (exact) mass is 240 g/mol. The molecule has 2 atom stereocenters. The second-order valence-electron chi connectivity index (χ2n) is 4.30. The number of alkyl halides is 1. The molecule has 2 heteroatoms. The van der Waals surface area contributed by atoms with Crippen LogP contribution in [0.1, 0.15) is 38.4 Å². The van der Waals surface area contributed by atoms with E-state index in [-0.39, 0.29) is 6.10 Å². The molecule has 0 N–H and O–H groups in total. The smallest absolute Gasteiger partial charge is 0.0796 e. The summed E-state index contributed by atoms with van der Waals surface area (Å²) in [6.07, 6.45) is 2.35. The zero-order chi connectivity index (χ0) is 11.8. The SMILES string of the molecule is CC(CCCl)CCOC(C)c1ccccc1. The molecule has 0 bridgehead atoms. The molecule has 0 aliphatic carbocycles. The van der Waals surface area contributed by atoms with Crippen molar-refractivity contribution in [3.05, 3.63) is 35.9 Å². The van der Waals surface area contributed by atoms with Crippen molar-refractivity contribution in [1.82, 2.24) is 0 Å². The van der Waals surface area contributed by atoms with Crippen LogP contribution >= 0.6 is 11.6 Å². The van der Waals surface area contributed by atoms with E-state index >= 15 is 0 Å². The van der Waals surface area contributed by atoms with Gasteiger partial charge in [0, 0.05) is 12.5 Å². The van der Waals surface area contributed by atoms with Gasteiger partial charge in [-0.1, -0.05) is 37.3 Å². The fourth-order valence-corrected chi connectivity index (χ4v) is 1.97. The van der Waals surface area contributed by atoms with Gasteiger partial charge >= 0.3 is 0 Å². The summed E-state index contributed by atoms with van der Waals surface area (Å²) in [5.74, 6) is 1.40. The summed E-state index contributed by atoms with van der Waals surface area (Å²) in [6.45, 7) is 5.13. The quantitative estimate of drug-likeness (QED) is 0.641. The van der Waals surface area contributed by atoms with Crippen molar-refractivity contribution in [2.75, 3.05) is 12.5 Å². The molecule has 0 fully saturated rings. The van der Waals surface area contributed by atoms with Crippen LogP contribution in [0.2, 0.25) is 0 Å². The highest BCUT2D eigenvalue weighted by molar-refractivity contribution is 6.17. The summed E-state index contributed by atoms with van der Waals surface area (Å²) in [5, 5.41) is 0. The molecule has 0 aromatic heterocycles. The maximum Gasteiger partial charge on any atom is 0.0796 e. The minimum atomic E-state index is 0.185. The molecule has 0 heterocycles. The lowest BCUT2D eigenvalue weighted by atomic mass is 10.1. The summed E-state index contributed by atoms with van der Waals surface area (Å²) in [7, 11) is 0. The Labute approximate surface area is 104 Å². The molecule has 0 aliphatic heterocycles. The van der Waals surface area contributed by atoms with E-state index in [4.69, 9.17) is 16.3 Å². The van der Waals surface area contributed by atoms with Crippen LogP contribution in [0.3, 0.4) is 0 Å². The van der Waals surface area contributed by atoms with E-state index in [1.165, 1.54) is 5.56 Å². The molecule has 90 valence electrons. The van der Waals surface area contributed by atoms with Crippen LogP contribution in [0.15, 0.2) is 30.3 Å². The highest BCUT2D eigenvalue weighted by Gasteiger charge is 2.06. The van der Waals surface area contributed by atoms with Crippen molar-refractivity contribution >= 4 is 11.6 Å². The minimum Gasteiger partial charge on any atom is -0.374 e. The van der Waals surface area contributed by atoms with Gasteiger partial charge in [-0.05, 0) is 31.2 Å². The third-order valence-corrected chi connectivity index (χ3v) is 3.07. The van der Waals surface area contributed by atoms with Crippen molar-refractivity contribution in [3.8, 4) is 0 Å². The van der Waals surface area contributed by atoms with E-state index in [2.05, 4.69) is 26.0 Å². The van der Waals surface area contributed by atoms with E-state index in [1.54, 1.807) is 0 Å². The summed E-state index contributed by atoms with van der Waals surface area (Å²) < 4.78 is 5.80. The van der Waals surface area contributed by atoms with E-state index in [0.29, 0.717) is 5.92 Å². The zero-order valence-electron chi connectivity index (χ0n) is 10.2. The molecule has 0 aliphatic rings. The minimum absolute atomic E-state index is 0.185. The van der Waals surface area contributed by atoms with Crippen molar-refractivity contribution in [3.63, 3.8) is 0 Å². The van der Waals surface area contributed by atoms with Crippen molar-refractivity contribution in [1.29, 1.82) is 0 Å². The molecule has 0 amide bonds. The Morgan fingerprint density at radius 2 is 1.81 bits per heavy atom. The standard InChI is InChI=1S/C14H21ClO/c1-12(8-10-15)9-11-16-13(2)14-6-4-3-5-7-14/h3-7,12-13H,8-11H2,1-2H3. The van der Waals surface area contributed by atoms with E-state index in [0.717, 1.165) is 25.3 Å². The van der Waals surface area contributed by atoms with Crippen LogP contribution in [0.5, 0.6) is 0 Å². The Kier molecular flexibility index (Phi) is 6.51.